The van der Waals surface area contributed by atoms with E-state index in [9.17, 15) is 14.4 Å². The van der Waals surface area contributed by atoms with Gasteiger partial charge in [-0.25, -0.2) is 0 Å². The molecule has 2 aromatic carbocycles. The van der Waals surface area contributed by atoms with E-state index in [0.29, 0.717) is 27.2 Å². The molecule has 0 aliphatic carbocycles. The predicted octanol–water partition coefficient (Wildman–Crippen LogP) is 4.54. The lowest BCUT2D eigenvalue weighted by Crippen LogP contribution is -2.24. The van der Waals surface area contributed by atoms with Crippen LogP contribution < -0.4 is 10.7 Å². The summed E-state index contributed by atoms with van der Waals surface area (Å²) in [7, 11) is 0. The molecule has 7 heteroatoms. The Morgan fingerprint density at radius 2 is 1.81 bits per heavy atom. The zero-order valence-corrected chi connectivity index (χ0v) is 18.3. The van der Waals surface area contributed by atoms with Crippen LogP contribution in [0.1, 0.15) is 27.0 Å². The molecule has 0 spiro atoms. The van der Waals surface area contributed by atoms with E-state index in [1.54, 1.807) is 47.0 Å². The number of ketones is 1. The minimum absolute atomic E-state index is 0.000959. The Kier molecular flexibility index (Phi) is 5.88. The number of aromatic nitrogens is 2. The van der Waals surface area contributed by atoms with Gasteiger partial charge in [-0.1, -0.05) is 29.3 Å². The summed E-state index contributed by atoms with van der Waals surface area (Å²) in [6, 6.07) is 13.8. The van der Waals surface area contributed by atoms with Crippen LogP contribution >= 0.6 is 11.6 Å². The third-order valence-electron chi connectivity index (χ3n) is 5.28. The zero-order valence-electron chi connectivity index (χ0n) is 17.6. The molecule has 0 fully saturated rings. The van der Waals surface area contributed by atoms with Gasteiger partial charge in [0.25, 0.3) is 0 Å². The molecule has 0 bridgehead atoms. The molecule has 0 saturated carbocycles. The molecule has 160 valence electrons. The second kappa shape index (κ2) is 8.77. The number of aryl methyl sites for hydroxylation is 1. The third-order valence-corrected chi connectivity index (χ3v) is 5.69. The van der Waals surface area contributed by atoms with Crippen molar-refractivity contribution in [2.45, 2.75) is 20.4 Å². The van der Waals surface area contributed by atoms with E-state index in [0.717, 1.165) is 11.1 Å². The van der Waals surface area contributed by atoms with Gasteiger partial charge < -0.3 is 9.88 Å². The highest BCUT2D eigenvalue weighted by Gasteiger charge is 2.18. The monoisotopic (exact) mass is 445 g/mol. The van der Waals surface area contributed by atoms with Crippen molar-refractivity contribution in [1.82, 2.24) is 9.55 Å². The number of pyridine rings is 2. The number of hydrogen-bond acceptors (Lipinski definition) is 4. The Bertz CT molecular complexity index is 1410. The molecular formula is C25H20ClN3O3. The summed E-state index contributed by atoms with van der Waals surface area (Å²) < 4.78 is 1.62. The maximum atomic E-state index is 13.1. The summed E-state index contributed by atoms with van der Waals surface area (Å²) in [5.74, 6) is -0.719. The van der Waals surface area contributed by atoms with Crippen molar-refractivity contribution < 1.29 is 9.59 Å². The van der Waals surface area contributed by atoms with Crippen molar-refractivity contribution in [3.8, 4) is 0 Å². The third kappa shape index (κ3) is 4.18. The molecule has 2 heterocycles. The minimum Gasteiger partial charge on any atom is -0.337 e. The maximum absolute atomic E-state index is 13.1. The Morgan fingerprint density at radius 3 is 2.56 bits per heavy atom. The Morgan fingerprint density at radius 1 is 1.06 bits per heavy atom. The number of amides is 1. The number of hydrogen-bond donors (Lipinski definition) is 1. The van der Waals surface area contributed by atoms with E-state index in [1.165, 1.54) is 18.6 Å². The van der Waals surface area contributed by atoms with E-state index in [-0.39, 0.29) is 23.4 Å². The summed E-state index contributed by atoms with van der Waals surface area (Å²) in [6.45, 7) is 3.61. The highest BCUT2D eigenvalue weighted by Crippen LogP contribution is 2.23. The van der Waals surface area contributed by atoms with E-state index >= 15 is 0 Å². The highest BCUT2D eigenvalue weighted by atomic mass is 35.5. The Hall–Kier alpha value is -3.77. The lowest BCUT2D eigenvalue weighted by Gasteiger charge is -2.15. The van der Waals surface area contributed by atoms with Crippen LogP contribution in [0.4, 0.5) is 5.69 Å². The van der Waals surface area contributed by atoms with Crippen molar-refractivity contribution in [2.24, 2.45) is 0 Å². The van der Waals surface area contributed by atoms with Gasteiger partial charge in [-0.15, -0.1) is 0 Å². The molecule has 0 saturated heterocycles. The zero-order chi connectivity index (χ0) is 22.8. The number of benzene rings is 2. The summed E-state index contributed by atoms with van der Waals surface area (Å²) in [6.07, 6.45) is 4.45. The van der Waals surface area contributed by atoms with Crippen molar-refractivity contribution in [2.75, 3.05) is 5.32 Å². The van der Waals surface area contributed by atoms with Gasteiger partial charge in [0, 0.05) is 40.3 Å². The van der Waals surface area contributed by atoms with Crippen LogP contribution in [0.15, 0.2) is 71.9 Å². The Labute approximate surface area is 189 Å². The van der Waals surface area contributed by atoms with Gasteiger partial charge in [0.05, 0.1) is 11.1 Å². The molecule has 0 atom stereocenters. The van der Waals surface area contributed by atoms with E-state index in [2.05, 4.69) is 10.3 Å². The lowest BCUT2D eigenvalue weighted by molar-refractivity contribution is -0.116. The van der Waals surface area contributed by atoms with Crippen molar-refractivity contribution in [3.05, 3.63) is 105 Å². The summed E-state index contributed by atoms with van der Waals surface area (Å²) in [5.41, 5.74) is 2.82. The largest absolute Gasteiger partial charge is 0.337 e. The Balaban J connectivity index is 1.77. The van der Waals surface area contributed by atoms with Crippen LogP contribution in [0.25, 0.3) is 10.9 Å². The van der Waals surface area contributed by atoms with Gasteiger partial charge in [0.15, 0.2) is 5.78 Å². The summed E-state index contributed by atoms with van der Waals surface area (Å²) in [4.78, 5) is 43.0. The van der Waals surface area contributed by atoms with Gasteiger partial charge in [0.2, 0.25) is 11.3 Å². The first-order valence-corrected chi connectivity index (χ1v) is 10.4. The first-order chi connectivity index (χ1) is 15.3. The number of carbonyl (C=O) groups is 2. The molecular weight excluding hydrogens is 426 g/mol. The fourth-order valence-electron chi connectivity index (χ4n) is 3.55. The first kappa shape index (κ1) is 21.5. The van der Waals surface area contributed by atoms with Crippen LogP contribution in [-0.2, 0) is 11.3 Å². The predicted molar refractivity (Wildman–Crippen MR) is 125 cm³/mol. The fraction of sp³-hybridized carbons (Fsp3) is 0.120. The van der Waals surface area contributed by atoms with Crippen LogP contribution in [-0.4, -0.2) is 21.2 Å². The number of carbonyl (C=O) groups excluding carboxylic acids is 2. The number of halogens is 1. The standard InChI is InChI=1S/C25H20ClN3O3/c1-15-6-7-22-18(12-15)25(32)19(24(31)17-8-10-27-11-9-17)13-29(22)14-23(30)28-21-5-3-4-20(26)16(21)2/h3-13H,14H2,1-2H3,(H,28,30). The number of nitrogens with one attached hydrogen (secondary N) is 1. The quantitative estimate of drug-likeness (QED) is 0.457. The molecule has 4 rings (SSSR count). The number of anilines is 1. The number of rotatable bonds is 5. The minimum atomic E-state index is -0.416. The number of nitrogens with zero attached hydrogens (tertiary/aromatic N) is 2. The van der Waals surface area contributed by atoms with Gasteiger partial charge >= 0.3 is 0 Å². The van der Waals surface area contributed by atoms with Crippen LogP contribution in [0.3, 0.4) is 0 Å². The summed E-state index contributed by atoms with van der Waals surface area (Å²) >= 11 is 6.15. The molecule has 0 radical (unpaired) electrons. The van der Waals surface area contributed by atoms with E-state index in [1.807, 2.05) is 19.9 Å². The SMILES string of the molecule is Cc1ccc2c(c1)c(=O)c(C(=O)c1ccncc1)cn2CC(=O)Nc1cccc(Cl)c1C. The van der Waals surface area contributed by atoms with Crippen LogP contribution in [0.2, 0.25) is 5.02 Å². The second-order valence-electron chi connectivity index (χ2n) is 7.55. The van der Waals surface area contributed by atoms with E-state index in [4.69, 9.17) is 11.6 Å². The van der Waals surface area contributed by atoms with Crippen LogP contribution in [0.5, 0.6) is 0 Å². The molecule has 2 aromatic heterocycles. The topological polar surface area (TPSA) is 81.1 Å². The van der Waals surface area contributed by atoms with Crippen molar-refractivity contribution >= 4 is 39.9 Å². The fourth-order valence-corrected chi connectivity index (χ4v) is 3.72. The van der Waals surface area contributed by atoms with Gasteiger partial charge in [-0.3, -0.25) is 19.4 Å². The molecule has 1 amide bonds. The molecule has 0 aliphatic rings. The first-order valence-electron chi connectivity index (χ1n) is 9.98. The molecule has 32 heavy (non-hydrogen) atoms. The highest BCUT2D eigenvalue weighted by molar-refractivity contribution is 6.31. The van der Waals surface area contributed by atoms with E-state index < -0.39 is 5.78 Å². The average Bonchev–Trinajstić information content (AvgIpc) is 2.79. The van der Waals surface area contributed by atoms with Crippen molar-refractivity contribution in [3.63, 3.8) is 0 Å². The lowest BCUT2D eigenvalue weighted by atomic mass is 10.0. The molecule has 1 N–H and O–H groups in total. The maximum Gasteiger partial charge on any atom is 0.244 e. The van der Waals surface area contributed by atoms with Gasteiger partial charge in [-0.05, 0) is 55.8 Å². The number of fused-ring (bicyclic) bond motifs is 1. The van der Waals surface area contributed by atoms with Gasteiger partial charge in [-0.2, -0.15) is 0 Å². The summed E-state index contributed by atoms with van der Waals surface area (Å²) in [5, 5.41) is 3.79. The molecule has 4 aromatic rings. The normalized spacial score (nSPS) is 10.8. The average molecular weight is 446 g/mol. The second-order valence-corrected chi connectivity index (χ2v) is 7.95. The smallest absolute Gasteiger partial charge is 0.244 e. The van der Waals surface area contributed by atoms with Gasteiger partial charge in [0.1, 0.15) is 6.54 Å². The van der Waals surface area contributed by atoms with Crippen molar-refractivity contribution in [1.29, 1.82) is 0 Å². The molecule has 0 unspecified atom stereocenters. The molecule has 0 aliphatic heterocycles. The van der Waals surface area contributed by atoms with Crippen LogP contribution in [0, 0.1) is 13.8 Å². The molecule has 6 nitrogen and oxygen atoms in total.